The summed E-state index contributed by atoms with van der Waals surface area (Å²) in [5, 5.41) is 3.17. The van der Waals surface area contributed by atoms with Gasteiger partial charge in [0.1, 0.15) is 5.82 Å². The first kappa shape index (κ1) is 12.6. The third-order valence-electron chi connectivity index (χ3n) is 2.94. The summed E-state index contributed by atoms with van der Waals surface area (Å²) >= 11 is 0. The van der Waals surface area contributed by atoms with E-state index in [9.17, 15) is 4.39 Å². The lowest BCUT2D eigenvalue weighted by Gasteiger charge is -2.05. The molecule has 18 heavy (non-hydrogen) atoms. The highest BCUT2D eigenvalue weighted by Crippen LogP contribution is 2.40. The Kier molecular flexibility index (Phi) is 3.65. The maximum absolute atomic E-state index is 12.8. The topological polar surface area (TPSA) is 50.4 Å². The Morgan fingerprint density at radius 3 is 2.78 bits per heavy atom. The molecule has 1 fully saturated rings. The summed E-state index contributed by atoms with van der Waals surface area (Å²) in [7, 11) is 0. The van der Waals surface area contributed by atoms with Crippen molar-refractivity contribution in [2.24, 2.45) is 10.7 Å². The maximum atomic E-state index is 12.8. The molecule has 0 aliphatic heterocycles. The van der Waals surface area contributed by atoms with Gasteiger partial charge in [0.15, 0.2) is 5.96 Å². The van der Waals surface area contributed by atoms with Gasteiger partial charge in [-0.2, -0.15) is 0 Å². The summed E-state index contributed by atoms with van der Waals surface area (Å²) in [5.41, 5.74) is 7.88. The van der Waals surface area contributed by atoms with Crippen molar-refractivity contribution >= 4 is 5.96 Å². The molecule has 4 heteroatoms. The first-order valence-corrected chi connectivity index (χ1v) is 6.02. The number of halogens is 1. The Morgan fingerprint density at radius 2 is 2.17 bits per heavy atom. The van der Waals surface area contributed by atoms with Crippen molar-refractivity contribution in [3.05, 3.63) is 47.8 Å². The van der Waals surface area contributed by atoms with Gasteiger partial charge in [-0.05, 0) is 31.0 Å². The van der Waals surface area contributed by atoms with Crippen molar-refractivity contribution in [2.75, 3.05) is 6.54 Å². The van der Waals surface area contributed by atoms with Crippen molar-refractivity contribution in [2.45, 2.75) is 25.3 Å². The van der Waals surface area contributed by atoms with E-state index in [-0.39, 0.29) is 5.82 Å². The Labute approximate surface area is 107 Å². The molecule has 0 heterocycles. The predicted octanol–water partition coefficient (Wildman–Crippen LogP) is 2.16. The molecule has 0 spiro atoms. The third kappa shape index (κ3) is 3.32. The van der Waals surface area contributed by atoms with Crippen molar-refractivity contribution in [1.82, 2.24) is 5.32 Å². The predicted molar refractivity (Wildman–Crippen MR) is 72.0 cm³/mol. The van der Waals surface area contributed by atoms with Crippen LogP contribution in [-0.4, -0.2) is 18.5 Å². The van der Waals surface area contributed by atoms with Crippen LogP contribution in [0.15, 0.2) is 41.4 Å². The van der Waals surface area contributed by atoms with Gasteiger partial charge in [-0.1, -0.05) is 24.3 Å². The van der Waals surface area contributed by atoms with Gasteiger partial charge in [0.05, 0.1) is 6.54 Å². The molecule has 3 N–H and O–H groups in total. The molecule has 1 aliphatic carbocycles. The van der Waals surface area contributed by atoms with E-state index in [1.165, 1.54) is 12.1 Å². The molecule has 2 atom stereocenters. The van der Waals surface area contributed by atoms with Gasteiger partial charge in [-0.3, -0.25) is 0 Å². The average Bonchev–Trinajstić information content (AvgIpc) is 3.07. The summed E-state index contributed by atoms with van der Waals surface area (Å²) in [6.45, 7) is 6.23. The Balaban J connectivity index is 1.86. The van der Waals surface area contributed by atoms with Gasteiger partial charge in [0.2, 0.25) is 0 Å². The SMILES string of the molecule is C=C(C)CN=C(N)N[C@@H]1C[C@H]1c1ccc(F)cc1. The fourth-order valence-electron chi connectivity index (χ4n) is 1.89. The largest absolute Gasteiger partial charge is 0.370 e. The monoisotopic (exact) mass is 247 g/mol. The summed E-state index contributed by atoms with van der Waals surface area (Å²) in [4.78, 5) is 4.17. The zero-order valence-corrected chi connectivity index (χ0v) is 10.5. The normalized spacial score (nSPS) is 22.7. The molecule has 1 aromatic rings. The van der Waals surface area contributed by atoms with Gasteiger partial charge in [0.25, 0.3) is 0 Å². The molecule has 0 amide bonds. The smallest absolute Gasteiger partial charge is 0.189 e. The Bertz CT molecular complexity index is 464. The number of rotatable bonds is 4. The highest BCUT2D eigenvalue weighted by molar-refractivity contribution is 5.78. The number of nitrogens with one attached hydrogen (secondary N) is 1. The van der Waals surface area contributed by atoms with Gasteiger partial charge >= 0.3 is 0 Å². The second-order valence-corrected chi connectivity index (χ2v) is 4.80. The molecule has 0 unspecified atom stereocenters. The van der Waals surface area contributed by atoms with Crippen LogP contribution < -0.4 is 11.1 Å². The molecule has 3 nitrogen and oxygen atoms in total. The second kappa shape index (κ2) is 5.21. The van der Waals surface area contributed by atoms with Crippen LogP contribution in [0.1, 0.15) is 24.8 Å². The number of hydrogen-bond acceptors (Lipinski definition) is 1. The third-order valence-corrected chi connectivity index (χ3v) is 2.94. The Hall–Kier alpha value is -1.84. The van der Waals surface area contributed by atoms with Gasteiger partial charge in [-0.25, -0.2) is 9.38 Å². The minimum absolute atomic E-state index is 0.202. The van der Waals surface area contributed by atoms with Crippen molar-refractivity contribution < 1.29 is 4.39 Å². The maximum Gasteiger partial charge on any atom is 0.189 e. The second-order valence-electron chi connectivity index (χ2n) is 4.80. The number of nitrogens with two attached hydrogens (primary N) is 1. The molecule has 2 rings (SSSR count). The minimum Gasteiger partial charge on any atom is -0.370 e. The van der Waals surface area contributed by atoms with Gasteiger partial charge < -0.3 is 11.1 Å². The quantitative estimate of drug-likeness (QED) is 0.486. The number of guanidine groups is 1. The summed E-state index contributed by atoms with van der Waals surface area (Å²) < 4.78 is 12.8. The molecule has 0 radical (unpaired) electrons. The van der Waals surface area contributed by atoms with E-state index in [0.29, 0.717) is 24.5 Å². The van der Waals surface area contributed by atoms with Crippen LogP contribution in [0, 0.1) is 5.82 Å². The summed E-state index contributed by atoms with van der Waals surface area (Å²) in [6, 6.07) is 6.93. The summed E-state index contributed by atoms with van der Waals surface area (Å²) in [5.74, 6) is 0.656. The molecule has 1 saturated carbocycles. The van der Waals surface area contributed by atoms with Gasteiger partial charge in [0, 0.05) is 12.0 Å². The van der Waals surface area contributed by atoms with E-state index in [1.54, 1.807) is 0 Å². The van der Waals surface area contributed by atoms with Crippen LogP contribution in [-0.2, 0) is 0 Å². The van der Waals surface area contributed by atoms with Gasteiger partial charge in [-0.15, -0.1) is 0 Å². The lowest BCUT2D eigenvalue weighted by Crippen LogP contribution is -2.34. The zero-order chi connectivity index (χ0) is 13.1. The van der Waals surface area contributed by atoms with E-state index in [4.69, 9.17) is 5.73 Å². The van der Waals surface area contributed by atoms with Crippen molar-refractivity contribution in [3.8, 4) is 0 Å². The number of benzene rings is 1. The summed E-state index contributed by atoms with van der Waals surface area (Å²) in [6.07, 6.45) is 1.01. The molecule has 0 saturated heterocycles. The first-order chi connectivity index (χ1) is 8.56. The molecular formula is C14H18FN3. The molecule has 1 aliphatic rings. The van der Waals surface area contributed by atoms with Crippen LogP contribution in [0.3, 0.4) is 0 Å². The highest BCUT2D eigenvalue weighted by atomic mass is 19.1. The minimum atomic E-state index is -0.202. The first-order valence-electron chi connectivity index (χ1n) is 6.02. The van der Waals surface area contributed by atoms with E-state index in [1.807, 2.05) is 19.1 Å². The van der Waals surface area contributed by atoms with E-state index in [2.05, 4.69) is 16.9 Å². The average molecular weight is 247 g/mol. The lowest BCUT2D eigenvalue weighted by atomic mass is 10.1. The fraction of sp³-hybridized carbons (Fsp3) is 0.357. The van der Waals surface area contributed by atoms with E-state index in [0.717, 1.165) is 17.6 Å². The number of hydrogen-bond donors (Lipinski definition) is 2. The number of nitrogens with zero attached hydrogens (tertiary/aromatic N) is 1. The van der Waals surface area contributed by atoms with Crippen LogP contribution >= 0.6 is 0 Å². The Morgan fingerprint density at radius 1 is 1.50 bits per heavy atom. The van der Waals surface area contributed by atoms with Crippen molar-refractivity contribution in [3.63, 3.8) is 0 Å². The fourth-order valence-corrected chi connectivity index (χ4v) is 1.89. The highest BCUT2D eigenvalue weighted by Gasteiger charge is 2.38. The van der Waals surface area contributed by atoms with E-state index < -0.39 is 0 Å². The van der Waals surface area contributed by atoms with Crippen LogP contribution in [0.5, 0.6) is 0 Å². The van der Waals surface area contributed by atoms with Crippen molar-refractivity contribution in [1.29, 1.82) is 0 Å². The molecular weight excluding hydrogens is 229 g/mol. The van der Waals surface area contributed by atoms with Crippen LogP contribution in [0.25, 0.3) is 0 Å². The molecule has 1 aromatic carbocycles. The lowest BCUT2D eigenvalue weighted by molar-refractivity contribution is 0.627. The number of aliphatic imine (C=N–C) groups is 1. The molecule has 0 aromatic heterocycles. The zero-order valence-electron chi connectivity index (χ0n) is 10.5. The molecule has 0 bridgehead atoms. The van der Waals surface area contributed by atoms with E-state index >= 15 is 0 Å². The van der Waals surface area contributed by atoms with Crippen LogP contribution in [0.4, 0.5) is 4.39 Å². The standard InChI is InChI=1S/C14H18FN3/c1-9(2)8-17-14(16)18-13-7-12(13)10-3-5-11(15)6-4-10/h3-6,12-13H,1,7-8H2,2H3,(H3,16,17,18)/t12-,13+/m0/s1. The van der Waals surface area contributed by atoms with Crippen LogP contribution in [0.2, 0.25) is 0 Å². The molecule has 96 valence electrons.